The van der Waals surface area contributed by atoms with E-state index in [0.717, 1.165) is 21.5 Å². The lowest BCUT2D eigenvalue weighted by molar-refractivity contribution is 0.262. The van der Waals surface area contributed by atoms with Crippen molar-refractivity contribution >= 4 is 38.4 Å². The highest BCUT2D eigenvalue weighted by Crippen LogP contribution is 2.25. The Balaban J connectivity index is 1.74. The maximum Gasteiger partial charge on any atom is 0.325 e. The monoisotopic (exact) mass is 283 g/mol. The predicted molar refractivity (Wildman–Crippen MR) is 83.4 cm³/mol. The second-order valence-corrected chi connectivity index (χ2v) is 5.41. The van der Waals surface area contributed by atoms with Gasteiger partial charge in [0.15, 0.2) is 5.13 Å². The summed E-state index contributed by atoms with van der Waals surface area (Å²) in [5.41, 5.74) is 2.71. The van der Waals surface area contributed by atoms with E-state index in [-0.39, 0.29) is 6.03 Å². The smallest absolute Gasteiger partial charge is 0.307 e. The number of nitrogens with one attached hydrogen (secondary N) is 2. The minimum Gasteiger partial charge on any atom is -0.307 e. The van der Waals surface area contributed by atoms with Crippen molar-refractivity contribution < 1.29 is 4.79 Å². The fourth-order valence-electron chi connectivity index (χ4n) is 1.89. The zero-order valence-electron chi connectivity index (χ0n) is 10.9. The van der Waals surface area contributed by atoms with Gasteiger partial charge in [-0.15, -0.1) is 0 Å². The molecule has 1 heterocycles. The summed E-state index contributed by atoms with van der Waals surface area (Å²) < 4.78 is 1.05. The summed E-state index contributed by atoms with van der Waals surface area (Å²) in [5.74, 6) is 0. The Hall–Kier alpha value is -2.40. The van der Waals surface area contributed by atoms with Gasteiger partial charge in [0.05, 0.1) is 10.2 Å². The lowest BCUT2D eigenvalue weighted by atomic mass is 10.2. The van der Waals surface area contributed by atoms with E-state index >= 15 is 0 Å². The van der Waals surface area contributed by atoms with Gasteiger partial charge in [-0.3, -0.25) is 5.32 Å². The van der Waals surface area contributed by atoms with Gasteiger partial charge >= 0.3 is 6.03 Å². The Bertz CT molecular complexity index is 733. The average molecular weight is 283 g/mol. The van der Waals surface area contributed by atoms with Crippen LogP contribution in [0.2, 0.25) is 0 Å². The molecule has 0 radical (unpaired) electrons. The van der Waals surface area contributed by atoms with Crippen LogP contribution in [-0.4, -0.2) is 11.0 Å². The van der Waals surface area contributed by atoms with Crippen molar-refractivity contribution in [3.05, 3.63) is 54.1 Å². The summed E-state index contributed by atoms with van der Waals surface area (Å²) >= 11 is 1.46. The maximum atomic E-state index is 12.0. The zero-order chi connectivity index (χ0) is 13.9. The van der Waals surface area contributed by atoms with Gasteiger partial charge < -0.3 is 5.32 Å². The summed E-state index contributed by atoms with van der Waals surface area (Å²) in [6.07, 6.45) is 0. The molecule has 0 spiro atoms. The number of carbonyl (C=O) groups is 1. The number of nitrogens with zero attached hydrogens (tertiary/aromatic N) is 1. The van der Waals surface area contributed by atoms with Gasteiger partial charge in [0.25, 0.3) is 0 Å². The Labute approximate surface area is 120 Å². The third-order valence-corrected chi connectivity index (χ3v) is 3.86. The van der Waals surface area contributed by atoms with Gasteiger partial charge in [-0.2, -0.15) is 0 Å². The number of aromatic nitrogens is 1. The number of rotatable bonds is 2. The number of aryl methyl sites for hydroxylation is 1. The zero-order valence-corrected chi connectivity index (χ0v) is 11.7. The van der Waals surface area contributed by atoms with Crippen molar-refractivity contribution in [3.63, 3.8) is 0 Å². The molecule has 0 aliphatic carbocycles. The molecule has 0 bridgehead atoms. The molecule has 5 heteroatoms. The second-order valence-electron chi connectivity index (χ2n) is 4.38. The molecule has 4 nitrogen and oxygen atoms in total. The van der Waals surface area contributed by atoms with Crippen molar-refractivity contribution in [2.75, 3.05) is 10.6 Å². The van der Waals surface area contributed by atoms with Crippen LogP contribution in [0.3, 0.4) is 0 Å². The van der Waals surface area contributed by atoms with Gasteiger partial charge in [0, 0.05) is 5.69 Å². The van der Waals surface area contributed by atoms with Crippen LogP contribution in [0.25, 0.3) is 10.2 Å². The SMILES string of the molecule is Cc1ccccc1NC(=O)Nc1nc2ccccc2s1. The van der Waals surface area contributed by atoms with Crippen LogP contribution in [0.4, 0.5) is 15.6 Å². The molecule has 1 aromatic heterocycles. The molecule has 3 aromatic rings. The molecule has 0 aliphatic heterocycles. The number of urea groups is 1. The van der Waals surface area contributed by atoms with Crippen molar-refractivity contribution in [1.29, 1.82) is 0 Å². The van der Waals surface area contributed by atoms with E-state index < -0.39 is 0 Å². The highest BCUT2D eigenvalue weighted by atomic mass is 32.1. The molecule has 20 heavy (non-hydrogen) atoms. The summed E-state index contributed by atoms with van der Waals surface area (Å²) in [7, 11) is 0. The molecule has 2 aromatic carbocycles. The molecule has 0 unspecified atom stereocenters. The minimum atomic E-state index is -0.279. The number of fused-ring (bicyclic) bond motifs is 1. The Morgan fingerprint density at radius 3 is 2.60 bits per heavy atom. The lowest BCUT2D eigenvalue weighted by Gasteiger charge is -2.07. The third-order valence-electron chi connectivity index (χ3n) is 2.91. The molecular formula is C15H13N3OS. The fourth-order valence-corrected chi connectivity index (χ4v) is 2.75. The molecule has 100 valence electrons. The topological polar surface area (TPSA) is 54.0 Å². The van der Waals surface area contributed by atoms with Crippen LogP contribution >= 0.6 is 11.3 Å². The molecule has 0 aliphatic rings. The van der Waals surface area contributed by atoms with Crippen LogP contribution in [0.5, 0.6) is 0 Å². The number of amides is 2. The maximum absolute atomic E-state index is 12.0. The number of thiazole rings is 1. The Morgan fingerprint density at radius 2 is 1.80 bits per heavy atom. The average Bonchev–Trinajstić information content (AvgIpc) is 2.83. The largest absolute Gasteiger partial charge is 0.325 e. The Morgan fingerprint density at radius 1 is 1.05 bits per heavy atom. The standard InChI is InChI=1S/C15H13N3OS/c1-10-6-2-3-7-11(10)16-14(19)18-15-17-12-8-4-5-9-13(12)20-15/h2-9H,1H3,(H2,16,17,18,19). The molecule has 0 saturated heterocycles. The van der Waals surface area contributed by atoms with Gasteiger partial charge in [-0.05, 0) is 30.7 Å². The van der Waals surface area contributed by atoms with Crippen LogP contribution in [0, 0.1) is 6.92 Å². The Kier molecular flexibility index (Phi) is 3.35. The van der Waals surface area contributed by atoms with Crippen LogP contribution < -0.4 is 10.6 Å². The number of hydrogen-bond acceptors (Lipinski definition) is 3. The first-order valence-electron chi connectivity index (χ1n) is 6.21. The first kappa shape index (κ1) is 12.6. The van der Waals surface area contributed by atoms with Crippen LogP contribution in [0.1, 0.15) is 5.56 Å². The van der Waals surface area contributed by atoms with E-state index in [2.05, 4.69) is 15.6 Å². The van der Waals surface area contributed by atoms with Crippen molar-refractivity contribution in [1.82, 2.24) is 4.98 Å². The fraction of sp³-hybridized carbons (Fsp3) is 0.0667. The first-order valence-corrected chi connectivity index (χ1v) is 7.03. The molecule has 2 N–H and O–H groups in total. The molecule has 3 rings (SSSR count). The lowest BCUT2D eigenvalue weighted by Crippen LogP contribution is -2.19. The number of benzene rings is 2. The van der Waals surface area contributed by atoms with E-state index in [1.807, 2.05) is 55.5 Å². The highest BCUT2D eigenvalue weighted by Gasteiger charge is 2.08. The van der Waals surface area contributed by atoms with E-state index in [4.69, 9.17) is 0 Å². The second kappa shape index (κ2) is 5.30. The van der Waals surface area contributed by atoms with E-state index in [9.17, 15) is 4.79 Å². The molecule has 2 amide bonds. The van der Waals surface area contributed by atoms with E-state index in [0.29, 0.717) is 5.13 Å². The highest BCUT2D eigenvalue weighted by molar-refractivity contribution is 7.22. The third kappa shape index (κ3) is 2.62. The molecule has 0 fully saturated rings. The minimum absolute atomic E-state index is 0.279. The molecular weight excluding hydrogens is 270 g/mol. The van der Waals surface area contributed by atoms with Crippen molar-refractivity contribution in [3.8, 4) is 0 Å². The van der Waals surface area contributed by atoms with Gasteiger partial charge in [0.2, 0.25) is 0 Å². The number of hydrogen-bond donors (Lipinski definition) is 2. The van der Waals surface area contributed by atoms with Crippen LogP contribution in [-0.2, 0) is 0 Å². The van der Waals surface area contributed by atoms with E-state index in [1.165, 1.54) is 11.3 Å². The number of carbonyl (C=O) groups excluding carboxylic acids is 1. The molecule has 0 atom stereocenters. The van der Waals surface area contributed by atoms with Gasteiger partial charge in [-0.25, -0.2) is 9.78 Å². The van der Waals surface area contributed by atoms with Gasteiger partial charge in [0.1, 0.15) is 0 Å². The predicted octanol–water partition coefficient (Wildman–Crippen LogP) is 4.25. The summed E-state index contributed by atoms with van der Waals surface area (Å²) in [4.78, 5) is 16.3. The van der Waals surface area contributed by atoms with Crippen molar-refractivity contribution in [2.45, 2.75) is 6.92 Å². The van der Waals surface area contributed by atoms with Crippen molar-refractivity contribution in [2.24, 2.45) is 0 Å². The van der Waals surface area contributed by atoms with Crippen LogP contribution in [0.15, 0.2) is 48.5 Å². The quantitative estimate of drug-likeness (QED) is 0.738. The number of anilines is 2. The van der Waals surface area contributed by atoms with Gasteiger partial charge in [-0.1, -0.05) is 41.7 Å². The summed E-state index contributed by atoms with van der Waals surface area (Å²) in [5, 5.41) is 6.18. The summed E-state index contributed by atoms with van der Waals surface area (Å²) in [6, 6.07) is 15.2. The first-order chi connectivity index (χ1) is 9.72. The molecule has 0 saturated carbocycles. The number of para-hydroxylation sites is 2. The summed E-state index contributed by atoms with van der Waals surface area (Å²) in [6.45, 7) is 1.95. The normalized spacial score (nSPS) is 10.4. The van der Waals surface area contributed by atoms with E-state index in [1.54, 1.807) is 0 Å².